The fraction of sp³-hybridized carbons (Fsp3) is 0.417. The largest absolute Gasteiger partial charge is 0.294 e. The van der Waals surface area contributed by atoms with Gasteiger partial charge in [0.05, 0.1) is 12.0 Å². The summed E-state index contributed by atoms with van der Waals surface area (Å²) in [5, 5.41) is 8.84. The molecule has 15 heavy (non-hydrogen) atoms. The number of nitrogens with zero attached hydrogens (tertiary/aromatic N) is 2. The standard InChI is InChI=1S/C12H12N2O/c1-8(6-13)10-3-2-9-7-14-5-4-11(9)12(10)15/h4-5,7-8,10H,2-3H2,1H3. The first-order valence-corrected chi connectivity index (χ1v) is 5.10. The van der Waals surface area contributed by atoms with Crippen LogP contribution in [0.3, 0.4) is 0 Å². The van der Waals surface area contributed by atoms with Crippen molar-refractivity contribution < 1.29 is 4.79 Å². The Hall–Kier alpha value is -1.69. The molecule has 0 N–H and O–H groups in total. The maximum atomic E-state index is 12.0. The third-order valence-electron chi connectivity index (χ3n) is 3.04. The Kier molecular flexibility index (Phi) is 2.51. The summed E-state index contributed by atoms with van der Waals surface area (Å²) in [6.07, 6.45) is 5.01. The normalized spacial score (nSPS) is 21.6. The first-order valence-electron chi connectivity index (χ1n) is 5.10. The molecule has 2 atom stereocenters. The molecule has 0 spiro atoms. The van der Waals surface area contributed by atoms with E-state index in [0.29, 0.717) is 0 Å². The van der Waals surface area contributed by atoms with Crippen molar-refractivity contribution in [3.8, 4) is 6.07 Å². The van der Waals surface area contributed by atoms with E-state index in [9.17, 15) is 4.79 Å². The highest BCUT2D eigenvalue weighted by atomic mass is 16.1. The number of pyridine rings is 1. The molecule has 0 aromatic carbocycles. The maximum absolute atomic E-state index is 12.0. The minimum atomic E-state index is -0.196. The number of Topliss-reactive ketones (excluding diaryl/α,β-unsaturated/α-hetero) is 1. The molecule has 3 nitrogen and oxygen atoms in total. The van der Waals surface area contributed by atoms with Crippen LogP contribution in [0.2, 0.25) is 0 Å². The number of nitriles is 1. The van der Waals surface area contributed by atoms with Crippen molar-refractivity contribution in [1.29, 1.82) is 5.26 Å². The van der Waals surface area contributed by atoms with Crippen molar-refractivity contribution >= 4 is 5.78 Å². The quantitative estimate of drug-likeness (QED) is 0.696. The molecule has 0 fully saturated rings. The van der Waals surface area contributed by atoms with E-state index in [4.69, 9.17) is 5.26 Å². The van der Waals surface area contributed by atoms with Gasteiger partial charge in [-0.15, -0.1) is 0 Å². The number of aryl methyl sites for hydroxylation is 1. The highest BCUT2D eigenvalue weighted by molar-refractivity contribution is 6.00. The number of carbonyl (C=O) groups is 1. The van der Waals surface area contributed by atoms with Crippen LogP contribution in [0.5, 0.6) is 0 Å². The molecule has 1 heterocycles. The van der Waals surface area contributed by atoms with Crippen LogP contribution in [0.25, 0.3) is 0 Å². The summed E-state index contributed by atoms with van der Waals surface area (Å²) in [6.45, 7) is 1.81. The first-order chi connectivity index (χ1) is 7.24. The molecule has 2 unspecified atom stereocenters. The summed E-state index contributed by atoms with van der Waals surface area (Å²) in [6, 6.07) is 3.92. The Labute approximate surface area is 88.8 Å². The van der Waals surface area contributed by atoms with E-state index in [2.05, 4.69) is 11.1 Å². The fourth-order valence-electron chi connectivity index (χ4n) is 2.08. The molecule has 0 amide bonds. The number of hydrogen-bond acceptors (Lipinski definition) is 3. The van der Waals surface area contributed by atoms with Gasteiger partial charge in [0.15, 0.2) is 5.78 Å². The molecule has 2 rings (SSSR count). The van der Waals surface area contributed by atoms with E-state index >= 15 is 0 Å². The van der Waals surface area contributed by atoms with Gasteiger partial charge in [-0.1, -0.05) is 0 Å². The van der Waals surface area contributed by atoms with Crippen molar-refractivity contribution in [3.63, 3.8) is 0 Å². The van der Waals surface area contributed by atoms with Gasteiger partial charge >= 0.3 is 0 Å². The van der Waals surface area contributed by atoms with E-state index in [1.165, 1.54) is 0 Å². The number of fused-ring (bicyclic) bond motifs is 1. The molecule has 1 aliphatic carbocycles. The van der Waals surface area contributed by atoms with Crippen LogP contribution in [0.1, 0.15) is 29.3 Å². The predicted molar refractivity (Wildman–Crippen MR) is 55.2 cm³/mol. The van der Waals surface area contributed by atoms with Gasteiger partial charge in [-0.3, -0.25) is 9.78 Å². The zero-order valence-corrected chi connectivity index (χ0v) is 8.60. The molecule has 3 heteroatoms. The third kappa shape index (κ3) is 1.63. The highest BCUT2D eigenvalue weighted by Crippen LogP contribution is 2.29. The summed E-state index contributed by atoms with van der Waals surface area (Å²) in [5.41, 5.74) is 1.77. The number of aromatic nitrogens is 1. The summed E-state index contributed by atoms with van der Waals surface area (Å²) < 4.78 is 0. The Morgan fingerprint density at radius 1 is 1.67 bits per heavy atom. The van der Waals surface area contributed by atoms with Gasteiger partial charge in [0.25, 0.3) is 0 Å². The monoisotopic (exact) mass is 200 g/mol. The predicted octanol–water partition coefficient (Wildman–Crippen LogP) is 1.99. The minimum Gasteiger partial charge on any atom is -0.294 e. The summed E-state index contributed by atoms with van der Waals surface area (Å²) in [7, 11) is 0. The zero-order chi connectivity index (χ0) is 10.8. The Morgan fingerprint density at radius 3 is 3.20 bits per heavy atom. The lowest BCUT2D eigenvalue weighted by Gasteiger charge is -2.24. The van der Waals surface area contributed by atoms with E-state index < -0.39 is 0 Å². The van der Waals surface area contributed by atoms with Gasteiger partial charge in [-0.25, -0.2) is 0 Å². The van der Waals surface area contributed by atoms with Crippen molar-refractivity contribution in [2.45, 2.75) is 19.8 Å². The lowest BCUT2D eigenvalue weighted by atomic mass is 9.78. The van der Waals surface area contributed by atoms with E-state index in [1.807, 2.05) is 6.92 Å². The lowest BCUT2D eigenvalue weighted by Crippen LogP contribution is -2.27. The second-order valence-corrected chi connectivity index (χ2v) is 3.96. The van der Waals surface area contributed by atoms with Gasteiger partial charge in [-0.2, -0.15) is 5.26 Å². The van der Waals surface area contributed by atoms with Crippen LogP contribution in [-0.4, -0.2) is 10.8 Å². The second-order valence-electron chi connectivity index (χ2n) is 3.96. The SMILES string of the molecule is CC(C#N)C1CCc2cnccc2C1=O. The average molecular weight is 200 g/mol. The van der Waals surface area contributed by atoms with Gasteiger partial charge in [-0.05, 0) is 31.4 Å². The smallest absolute Gasteiger partial charge is 0.167 e. The van der Waals surface area contributed by atoms with Crippen molar-refractivity contribution in [3.05, 3.63) is 29.6 Å². The van der Waals surface area contributed by atoms with Gasteiger partial charge in [0.1, 0.15) is 0 Å². The van der Waals surface area contributed by atoms with Crippen molar-refractivity contribution in [2.75, 3.05) is 0 Å². The second kappa shape index (κ2) is 3.82. The number of ketones is 1. The van der Waals surface area contributed by atoms with Crippen LogP contribution in [0.4, 0.5) is 0 Å². The molecule has 76 valence electrons. The molecule has 0 aliphatic heterocycles. The van der Waals surface area contributed by atoms with Crippen LogP contribution < -0.4 is 0 Å². The van der Waals surface area contributed by atoms with Gasteiger partial charge in [0.2, 0.25) is 0 Å². The lowest BCUT2D eigenvalue weighted by molar-refractivity contribution is 0.0876. The Balaban J connectivity index is 2.35. The summed E-state index contributed by atoms with van der Waals surface area (Å²) >= 11 is 0. The maximum Gasteiger partial charge on any atom is 0.167 e. The third-order valence-corrected chi connectivity index (χ3v) is 3.04. The van der Waals surface area contributed by atoms with E-state index in [-0.39, 0.29) is 17.6 Å². The van der Waals surface area contributed by atoms with Crippen molar-refractivity contribution in [1.82, 2.24) is 4.98 Å². The minimum absolute atomic E-state index is 0.104. The van der Waals surface area contributed by atoms with Crippen LogP contribution >= 0.6 is 0 Å². The first kappa shape index (κ1) is 9.85. The fourth-order valence-corrected chi connectivity index (χ4v) is 2.08. The van der Waals surface area contributed by atoms with E-state index in [1.54, 1.807) is 18.5 Å². The van der Waals surface area contributed by atoms with Crippen LogP contribution in [-0.2, 0) is 6.42 Å². The number of hydrogen-bond donors (Lipinski definition) is 0. The average Bonchev–Trinajstić information content (AvgIpc) is 2.29. The Morgan fingerprint density at radius 2 is 2.47 bits per heavy atom. The molecule has 1 aromatic rings. The molecule has 0 saturated heterocycles. The molecule has 0 saturated carbocycles. The zero-order valence-electron chi connectivity index (χ0n) is 8.60. The van der Waals surface area contributed by atoms with Crippen LogP contribution in [0.15, 0.2) is 18.5 Å². The van der Waals surface area contributed by atoms with Gasteiger partial charge in [0, 0.05) is 23.9 Å². The van der Waals surface area contributed by atoms with Gasteiger partial charge < -0.3 is 0 Å². The molecule has 1 aliphatic rings. The van der Waals surface area contributed by atoms with Crippen LogP contribution in [0, 0.1) is 23.2 Å². The summed E-state index contributed by atoms with van der Waals surface area (Å²) in [4.78, 5) is 16.0. The Bertz CT molecular complexity index is 433. The van der Waals surface area contributed by atoms with Crippen molar-refractivity contribution in [2.24, 2.45) is 11.8 Å². The number of carbonyl (C=O) groups excluding carboxylic acids is 1. The molecule has 1 aromatic heterocycles. The summed E-state index contributed by atoms with van der Waals surface area (Å²) in [5.74, 6) is -0.226. The highest BCUT2D eigenvalue weighted by Gasteiger charge is 2.31. The van der Waals surface area contributed by atoms with E-state index in [0.717, 1.165) is 24.0 Å². The number of rotatable bonds is 1. The molecule has 0 bridgehead atoms. The molecular weight excluding hydrogens is 188 g/mol. The molecular formula is C12H12N2O. The molecule has 0 radical (unpaired) electrons. The topological polar surface area (TPSA) is 53.8 Å².